The maximum atomic E-state index is 10.9. The zero-order valence-electron chi connectivity index (χ0n) is 7.95. The molecule has 0 aromatic carbocycles. The number of carboxylic acids is 1. The van der Waals surface area contributed by atoms with Crippen LogP contribution in [0.3, 0.4) is 0 Å². The van der Waals surface area contributed by atoms with Crippen LogP contribution in [-0.4, -0.2) is 11.1 Å². The van der Waals surface area contributed by atoms with Crippen molar-refractivity contribution in [2.24, 2.45) is 11.3 Å². The van der Waals surface area contributed by atoms with E-state index in [2.05, 4.69) is 0 Å². The average molecular weight is 215 g/mol. The second-order valence-electron chi connectivity index (χ2n) is 4.26. The molecule has 0 spiro atoms. The Morgan fingerprint density at radius 3 is 2.57 bits per heavy atom. The molecule has 1 saturated carbocycles. The Bertz CT molecular complexity index is 380. The van der Waals surface area contributed by atoms with Gasteiger partial charge in [0, 0.05) is 5.92 Å². The van der Waals surface area contributed by atoms with Gasteiger partial charge in [0.2, 0.25) is 0 Å². The molecule has 0 saturated heterocycles. The molecule has 0 bridgehead atoms. The molecule has 1 heterocycles. The quantitative estimate of drug-likeness (QED) is 0.824. The Kier molecular flexibility index (Phi) is 1.89. The highest BCUT2D eigenvalue weighted by Crippen LogP contribution is 2.64. The number of hydrogen-bond donors (Lipinski definition) is 1. The van der Waals surface area contributed by atoms with Gasteiger partial charge >= 0.3 is 5.97 Å². The van der Waals surface area contributed by atoms with E-state index < -0.39 is 5.97 Å². The average Bonchev–Trinajstić information content (AvgIpc) is 2.42. The third kappa shape index (κ3) is 1.23. The van der Waals surface area contributed by atoms with E-state index in [4.69, 9.17) is 21.1 Å². The van der Waals surface area contributed by atoms with Crippen LogP contribution in [0.2, 0.25) is 5.22 Å². The number of carboxylic acid groups (broad SMARTS) is 1. The first kappa shape index (κ1) is 9.59. The van der Waals surface area contributed by atoms with Gasteiger partial charge in [-0.25, -0.2) is 0 Å². The zero-order chi connectivity index (χ0) is 10.5. The number of halogens is 1. The molecule has 4 heteroatoms. The van der Waals surface area contributed by atoms with Crippen LogP contribution < -0.4 is 0 Å². The molecule has 1 fully saturated rings. The molecule has 1 aromatic heterocycles. The van der Waals surface area contributed by atoms with Gasteiger partial charge in [-0.2, -0.15) is 0 Å². The molecule has 2 rings (SSSR count). The largest absolute Gasteiger partial charge is 0.481 e. The van der Waals surface area contributed by atoms with E-state index in [1.54, 1.807) is 12.1 Å². The van der Waals surface area contributed by atoms with Crippen LogP contribution in [0.25, 0.3) is 0 Å². The lowest BCUT2D eigenvalue weighted by atomic mass is 10.1. The van der Waals surface area contributed by atoms with E-state index in [0.717, 1.165) is 0 Å². The summed E-state index contributed by atoms with van der Waals surface area (Å²) in [5.74, 6) is -0.503. The summed E-state index contributed by atoms with van der Waals surface area (Å²) in [6.07, 6.45) is 0. The van der Waals surface area contributed by atoms with Crippen LogP contribution in [-0.2, 0) is 4.79 Å². The Morgan fingerprint density at radius 1 is 1.57 bits per heavy atom. The molecule has 0 aliphatic heterocycles. The molecule has 3 nitrogen and oxygen atoms in total. The normalized spacial score (nSPS) is 28.8. The van der Waals surface area contributed by atoms with Gasteiger partial charge in [0.05, 0.1) is 5.92 Å². The van der Waals surface area contributed by atoms with Crippen molar-refractivity contribution in [3.63, 3.8) is 0 Å². The monoisotopic (exact) mass is 214 g/mol. The Hall–Kier alpha value is -0.960. The van der Waals surface area contributed by atoms with Gasteiger partial charge in [-0.3, -0.25) is 4.79 Å². The van der Waals surface area contributed by atoms with Crippen LogP contribution >= 0.6 is 11.6 Å². The summed E-state index contributed by atoms with van der Waals surface area (Å²) >= 11 is 5.64. The second kappa shape index (κ2) is 2.76. The highest BCUT2D eigenvalue weighted by Gasteiger charge is 2.64. The van der Waals surface area contributed by atoms with E-state index in [0.29, 0.717) is 11.0 Å². The molecule has 0 unspecified atom stereocenters. The van der Waals surface area contributed by atoms with Crippen molar-refractivity contribution in [2.75, 3.05) is 0 Å². The second-order valence-corrected chi connectivity index (χ2v) is 4.63. The van der Waals surface area contributed by atoms with Crippen molar-refractivity contribution < 1.29 is 14.3 Å². The van der Waals surface area contributed by atoms with Crippen LogP contribution in [0.5, 0.6) is 0 Å². The van der Waals surface area contributed by atoms with Crippen LogP contribution in [0, 0.1) is 11.3 Å². The highest BCUT2D eigenvalue weighted by atomic mass is 35.5. The molecule has 0 amide bonds. The minimum atomic E-state index is -0.771. The van der Waals surface area contributed by atoms with Crippen molar-refractivity contribution in [2.45, 2.75) is 19.8 Å². The van der Waals surface area contributed by atoms with E-state index in [1.165, 1.54) is 0 Å². The lowest BCUT2D eigenvalue weighted by Gasteiger charge is -1.97. The standard InChI is InChI=1S/C10H11ClO3/c1-10(2)7(8(10)9(12)13)5-3-4-6(11)14-5/h3-4,7-8H,1-2H3,(H,12,13)/t7-,8+/m1/s1. The van der Waals surface area contributed by atoms with Gasteiger partial charge in [0.25, 0.3) is 0 Å². The molecular weight excluding hydrogens is 204 g/mol. The molecule has 1 aliphatic rings. The van der Waals surface area contributed by atoms with Crippen LogP contribution in [0.1, 0.15) is 25.5 Å². The summed E-state index contributed by atoms with van der Waals surface area (Å²) < 4.78 is 5.23. The van der Waals surface area contributed by atoms with Gasteiger partial charge in [0.15, 0.2) is 5.22 Å². The van der Waals surface area contributed by atoms with Crippen molar-refractivity contribution in [3.05, 3.63) is 23.1 Å². The number of hydrogen-bond acceptors (Lipinski definition) is 2. The van der Waals surface area contributed by atoms with Crippen molar-refractivity contribution >= 4 is 17.6 Å². The maximum Gasteiger partial charge on any atom is 0.307 e. The predicted molar refractivity (Wildman–Crippen MR) is 51.4 cm³/mol. The zero-order valence-corrected chi connectivity index (χ0v) is 8.71. The van der Waals surface area contributed by atoms with E-state index in [9.17, 15) is 4.79 Å². The highest BCUT2D eigenvalue weighted by molar-refractivity contribution is 6.28. The lowest BCUT2D eigenvalue weighted by molar-refractivity contribution is -0.139. The molecule has 0 radical (unpaired) electrons. The first-order chi connectivity index (χ1) is 6.44. The maximum absolute atomic E-state index is 10.9. The molecular formula is C10H11ClO3. The Labute approximate surface area is 86.7 Å². The summed E-state index contributed by atoms with van der Waals surface area (Å²) in [6.45, 7) is 3.85. The third-order valence-electron chi connectivity index (χ3n) is 2.99. The van der Waals surface area contributed by atoms with Gasteiger partial charge in [-0.1, -0.05) is 13.8 Å². The number of aliphatic carboxylic acids is 1. The fraction of sp³-hybridized carbons (Fsp3) is 0.500. The Morgan fingerprint density at radius 2 is 2.21 bits per heavy atom. The Balaban J connectivity index is 2.27. The van der Waals surface area contributed by atoms with Gasteiger partial charge < -0.3 is 9.52 Å². The smallest absolute Gasteiger partial charge is 0.307 e. The van der Waals surface area contributed by atoms with E-state index in [-0.39, 0.29) is 17.3 Å². The van der Waals surface area contributed by atoms with Gasteiger partial charge in [-0.15, -0.1) is 0 Å². The van der Waals surface area contributed by atoms with Crippen molar-refractivity contribution in [1.82, 2.24) is 0 Å². The minimum absolute atomic E-state index is 0.0486. The molecule has 1 aliphatic carbocycles. The SMILES string of the molecule is CC1(C)[C@H](C(=O)O)[C@H]1c1ccc(Cl)o1. The van der Waals surface area contributed by atoms with Crippen LogP contribution in [0.15, 0.2) is 16.5 Å². The fourth-order valence-corrected chi connectivity index (χ4v) is 2.28. The van der Waals surface area contributed by atoms with E-state index in [1.807, 2.05) is 13.8 Å². The summed E-state index contributed by atoms with van der Waals surface area (Å²) in [6, 6.07) is 3.39. The van der Waals surface area contributed by atoms with Gasteiger partial charge in [-0.05, 0) is 29.1 Å². The topological polar surface area (TPSA) is 50.4 Å². The minimum Gasteiger partial charge on any atom is -0.481 e. The molecule has 2 atom stereocenters. The summed E-state index contributed by atoms with van der Waals surface area (Å²) in [5.41, 5.74) is -0.229. The number of carbonyl (C=O) groups is 1. The van der Waals surface area contributed by atoms with Crippen molar-refractivity contribution in [3.8, 4) is 0 Å². The molecule has 76 valence electrons. The number of rotatable bonds is 2. The summed E-state index contributed by atoms with van der Waals surface area (Å²) in [4.78, 5) is 10.9. The molecule has 14 heavy (non-hydrogen) atoms. The van der Waals surface area contributed by atoms with E-state index >= 15 is 0 Å². The third-order valence-corrected chi connectivity index (χ3v) is 3.20. The molecule has 1 aromatic rings. The first-order valence-electron chi connectivity index (χ1n) is 4.42. The fourth-order valence-electron chi connectivity index (χ4n) is 2.13. The van der Waals surface area contributed by atoms with Gasteiger partial charge in [0.1, 0.15) is 5.76 Å². The first-order valence-corrected chi connectivity index (χ1v) is 4.80. The molecule has 1 N–H and O–H groups in total. The lowest BCUT2D eigenvalue weighted by Crippen LogP contribution is -2.02. The summed E-state index contributed by atoms with van der Waals surface area (Å²) in [5, 5.41) is 9.26. The summed E-state index contributed by atoms with van der Waals surface area (Å²) in [7, 11) is 0. The van der Waals surface area contributed by atoms with Crippen LogP contribution in [0.4, 0.5) is 0 Å². The predicted octanol–water partition coefficient (Wildman–Crippen LogP) is 2.76. The number of furan rings is 1. The van der Waals surface area contributed by atoms with Crippen molar-refractivity contribution in [1.29, 1.82) is 0 Å².